The fourth-order valence-corrected chi connectivity index (χ4v) is 1.03. The fraction of sp³-hybridized carbons (Fsp3) is 0.500. The molecule has 0 heterocycles. The van der Waals surface area contributed by atoms with Gasteiger partial charge < -0.3 is 0 Å². The van der Waals surface area contributed by atoms with Crippen LogP contribution in [0, 0.1) is 11.8 Å². The summed E-state index contributed by atoms with van der Waals surface area (Å²) in [6, 6.07) is 0. The molecule has 3 heteroatoms. The zero-order chi connectivity index (χ0) is 10.5. The van der Waals surface area contributed by atoms with E-state index >= 15 is 0 Å². The van der Waals surface area contributed by atoms with Crippen LogP contribution in [0.5, 0.6) is 0 Å². The molecule has 13 heavy (non-hydrogen) atoms. The third kappa shape index (κ3) is 6.09. The molecule has 0 atom stereocenters. The van der Waals surface area contributed by atoms with Gasteiger partial charge in [0.2, 0.25) is 0 Å². The van der Waals surface area contributed by atoms with E-state index in [9.17, 15) is 0 Å². The zero-order valence-corrected chi connectivity index (χ0v) is 13.6. The SMILES string of the molecule is CC1=CC(C(C)(C)C)=C[CH]1.[Cl][Hf][Cl]. The number of allylic oxidation sites excluding steroid dienone is 4. The summed E-state index contributed by atoms with van der Waals surface area (Å²) in [5.41, 5.74) is 3.11. The van der Waals surface area contributed by atoms with Crippen LogP contribution in [0.4, 0.5) is 0 Å². The normalized spacial score (nSPS) is 15.5. The first-order valence-electron chi connectivity index (χ1n) is 4.12. The number of hydrogen-bond donors (Lipinski definition) is 0. The van der Waals surface area contributed by atoms with E-state index in [0.717, 1.165) is 0 Å². The molecule has 0 aromatic rings. The second-order valence-electron chi connectivity index (χ2n) is 4.00. The van der Waals surface area contributed by atoms with Crippen LogP contribution in [0.1, 0.15) is 27.7 Å². The summed E-state index contributed by atoms with van der Waals surface area (Å²) >= 11 is -0.972. The Morgan fingerprint density at radius 1 is 1.23 bits per heavy atom. The van der Waals surface area contributed by atoms with E-state index in [1.807, 2.05) is 0 Å². The quantitative estimate of drug-likeness (QED) is 0.540. The van der Waals surface area contributed by atoms with Crippen molar-refractivity contribution < 1.29 is 20.5 Å². The van der Waals surface area contributed by atoms with Crippen LogP contribution in [0.2, 0.25) is 0 Å². The molecule has 0 aliphatic heterocycles. The van der Waals surface area contributed by atoms with Gasteiger partial charge in [-0.3, -0.25) is 0 Å². The Morgan fingerprint density at radius 2 is 1.69 bits per heavy atom. The molecule has 0 saturated heterocycles. The Bertz CT molecular complexity index is 211. The van der Waals surface area contributed by atoms with Crippen LogP contribution in [-0.2, 0) is 20.5 Å². The van der Waals surface area contributed by atoms with Gasteiger partial charge in [-0.15, -0.1) is 0 Å². The molecule has 0 aromatic heterocycles. The van der Waals surface area contributed by atoms with E-state index in [1.54, 1.807) is 0 Å². The van der Waals surface area contributed by atoms with Gasteiger partial charge in [0.25, 0.3) is 0 Å². The third-order valence-corrected chi connectivity index (χ3v) is 1.77. The molecule has 1 aliphatic rings. The van der Waals surface area contributed by atoms with E-state index in [0.29, 0.717) is 5.41 Å². The summed E-state index contributed by atoms with van der Waals surface area (Å²) in [7, 11) is 9.92. The standard InChI is InChI=1S/C10H15.2ClH.Hf/c1-8-5-6-9(7-8)10(2,3)4;;;/h5-7H,1-4H3;2*1H;/q;;;+2/p-2. The van der Waals surface area contributed by atoms with Crippen molar-refractivity contribution in [3.63, 3.8) is 0 Å². The number of halogens is 2. The Morgan fingerprint density at radius 3 is 1.85 bits per heavy atom. The van der Waals surface area contributed by atoms with Crippen LogP contribution in [0.3, 0.4) is 0 Å². The minimum atomic E-state index is -0.972. The van der Waals surface area contributed by atoms with E-state index in [1.165, 1.54) is 11.1 Å². The summed E-state index contributed by atoms with van der Waals surface area (Å²) in [5.74, 6) is 0. The van der Waals surface area contributed by atoms with E-state index in [-0.39, 0.29) is 0 Å². The number of rotatable bonds is 0. The molecule has 0 aromatic carbocycles. The molecule has 73 valence electrons. The van der Waals surface area contributed by atoms with Crippen molar-refractivity contribution in [3.05, 3.63) is 29.7 Å². The molecule has 1 rings (SSSR count). The average molecular weight is 385 g/mol. The second kappa shape index (κ2) is 6.42. The number of hydrogen-bond acceptors (Lipinski definition) is 0. The predicted octanol–water partition coefficient (Wildman–Crippen LogP) is 4.50. The van der Waals surface area contributed by atoms with Crippen LogP contribution in [-0.4, -0.2) is 0 Å². The van der Waals surface area contributed by atoms with Gasteiger partial charge >= 0.3 is 37.7 Å². The van der Waals surface area contributed by atoms with Gasteiger partial charge in [-0.05, 0) is 17.9 Å². The van der Waals surface area contributed by atoms with Gasteiger partial charge in [-0.1, -0.05) is 38.5 Å². The Kier molecular flexibility index (Phi) is 6.88. The van der Waals surface area contributed by atoms with Gasteiger partial charge in [0.15, 0.2) is 0 Å². The van der Waals surface area contributed by atoms with Gasteiger partial charge in [0.05, 0.1) is 0 Å². The molecule has 0 bridgehead atoms. The first-order chi connectivity index (χ1) is 5.91. The van der Waals surface area contributed by atoms with E-state index < -0.39 is 20.5 Å². The van der Waals surface area contributed by atoms with Crippen LogP contribution < -0.4 is 0 Å². The predicted molar refractivity (Wildman–Crippen MR) is 57.3 cm³/mol. The molecule has 1 aliphatic carbocycles. The summed E-state index contributed by atoms with van der Waals surface area (Å²) in [5, 5.41) is 0. The summed E-state index contributed by atoms with van der Waals surface area (Å²) in [4.78, 5) is 0. The zero-order valence-electron chi connectivity index (χ0n) is 8.49. The molecule has 0 amide bonds. The minimum absolute atomic E-state index is 0.314. The Labute approximate surface area is 99.9 Å². The maximum absolute atomic E-state index is 4.96. The van der Waals surface area contributed by atoms with Crippen molar-refractivity contribution in [2.75, 3.05) is 0 Å². The molecule has 0 N–H and O–H groups in total. The van der Waals surface area contributed by atoms with Crippen molar-refractivity contribution in [2.24, 2.45) is 5.41 Å². The monoisotopic (exact) mass is 385 g/mol. The van der Waals surface area contributed by atoms with Crippen molar-refractivity contribution in [1.82, 2.24) is 0 Å². The van der Waals surface area contributed by atoms with Crippen molar-refractivity contribution in [3.8, 4) is 0 Å². The molecule has 0 unspecified atom stereocenters. The van der Waals surface area contributed by atoms with Gasteiger partial charge in [-0.2, -0.15) is 0 Å². The van der Waals surface area contributed by atoms with Crippen molar-refractivity contribution >= 4 is 17.2 Å². The fourth-order valence-electron chi connectivity index (χ4n) is 1.03. The Hall–Kier alpha value is 0.930. The van der Waals surface area contributed by atoms with Crippen molar-refractivity contribution in [1.29, 1.82) is 0 Å². The van der Waals surface area contributed by atoms with Crippen LogP contribution in [0.25, 0.3) is 0 Å². The average Bonchev–Trinajstić information content (AvgIpc) is 2.35. The second-order valence-corrected chi connectivity index (χ2v) is 9.19. The Balaban J connectivity index is 0.000000424. The van der Waals surface area contributed by atoms with Crippen LogP contribution in [0.15, 0.2) is 23.3 Å². The molecular formula is C10H15Cl2Hf. The topological polar surface area (TPSA) is 0 Å². The maximum atomic E-state index is 4.96. The molecule has 0 saturated carbocycles. The molecular weight excluding hydrogens is 370 g/mol. The molecule has 0 fully saturated rings. The first kappa shape index (κ1) is 13.9. The van der Waals surface area contributed by atoms with Gasteiger partial charge in [0, 0.05) is 6.42 Å². The van der Waals surface area contributed by atoms with Gasteiger partial charge in [-0.25, -0.2) is 0 Å². The van der Waals surface area contributed by atoms with Gasteiger partial charge in [0.1, 0.15) is 0 Å². The molecule has 0 spiro atoms. The first-order valence-corrected chi connectivity index (χ1v) is 13.0. The van der Waals surface area contributed by atoms with Crippen LogP contribution >= 0.6 is 17.2 Å². The molecule has 1 radical (unpaired) electrons. The summed E-state index contributed by atoms with van der Waals surface area (Å²) in [6.45, 7) is 8.85. The third-order valence-electron chi connectivity index (χ3n) is 1.77. The van der Waals surface area contributed by atoms with E-state index in [2.05, 4.69) is 46.3 Å². The summed E-state index contributed by atoms with van der Waals surface area (Å²) in [6.07, 6.45) is 6.62. The van der Waals surface area contributed by atoms with Crippen molar-refractivity contribution in [2.45, 2.75) is 27.7 Å². The van der Waals surface area contributed by atoms with E-state index in [4.69, 9.17) is 17.2 Å². The summed E-state index contributed by atoms with van der Waals surface area (Å²) < 4.78 is 0. The molecule has 0 nitrogen and oxygen atoms in total.